The van der Waals surface area contributed by atoms with Gasteiger partial charge in [0.15, 0.2) is 0 Å². The summed E-state index contributed by atoms with van der Waals surface area (Å²) >= 11 is 1.36. The first-order valence-corrected chi connectivity index (χ1v) is 5.09. The lowest BCUT2D eigenvalue weighted by Gasteiger charge is -1.87. The minimum absolute atomic E-state index is 0.0995. The quantitative estimate of drug-likeness (QED) is 0.814. The highest BCUT2D eigenvalue weighted by Gasteiger charge is 2.18. The van der Waals surface area contributed by atoms with Crippen LogP contribution in [0.1, 0.15) is 24.2 Å². The van der Waals surface area contributed by atoms with Crippen LogP contribution >= 0.6 is 11.3 Å². The zero-order chi connectivity index (χ0) is 10.8. The van der Waals surface area contributed by atoms with Gasteiger partial charge in [-0.1, -0.05) is 6.92 Å². The summed E-state index contributed by atoms with van der Waals surface area (Å²) < 4.78 is 29.1. The minimum Gasteiger partial charge on any atom is -0.414 e. The summed E-state index contributed by atoms with van der Waals surface area (Å²) in [7, 11) is 0. The zero-order valence-corrected chi connectivity index (χ0v) is 8.59. The molecule has 2 aromatic heterocycles. The molecule has 0 aliphatic heterocycles. The van der Waals surface area contributed by atoms with E-state index in [0.29, 0.717) is 4.88 Å². The van der Waals surface area contributed by atoms with Crippen molar-refractivity contribution in [3.8, 4) is 10.8 Å². The Morgan fingerprint density at radius 2 is 2.27 bits per heavy atom. The zero-order valence-electron chi connectivity index (χ0n) is 7.78. The average Bonchev–Trinajstić information content (AvgIpc) is 2.86. The lowest BCUT2D eigenvalue weighted by molar-refractivity contribution is 0.116. The van der Waals surface area contributed by atoms with Crippen LogP contribution < -0.4 is 0 Å². The molecule has 2 aromatic rings. The highest BCUT2D eigenvalue weighted by molar-refractivity contribution is 7.15. The topological polar surface area (TPSA) is 51.8 Å². The number of halogens is 2. The Morgan fingerprint density at radius 1 is 1.47 bits per heavy atom. The van der Waals surface area contributed by atoms with Crippen LogP contribution in [-0.2, 0) is 6.42 Å². The fraction of sp³-hybridized carbons (Fsp3) is 0.375. The molecule has 0 N–H and O–H groups in total. The Labute approximate surface area is 88.0 Å². The second-order valence-corrected chi connectivity index (χ2v) is 3.83. The van der Waals surface area contributed by atoms with E-state index < -0.39 is 12.3 Å². The van der Waals surface area contributed by atoms with Crippen molar-refractivity contribution in [2.75, 3.05) is 0 Å². The molecule has 0 amide bonds. The molecule has 0 unspecified atom stereocenters. The second kappa shape index (κ2) is 4.01. The van der Waals surface area contributed by atoms with Crippen molar-refractivity contribution in [3.63, 3.8) is 0 Å². The van der Waals surface area contributed by atoms with Gasteiger partial charge in [0.05, 0.1) is 11.2 Å². The molecule has 0 fully saturated rings. The van der Waals surface area contributed by atoms with E-state index in [-0.39, 0.29) is 5.89 Å². The van der Waals surface area contributed by atoms with Gasteiger partial charge in [0.1, 0.15) is 4.88 Å². The molecule has 0 saturated carbocycles. The number of aryl methyl sites for hydroxylation is 1. The van der Waals surface area contributed by atoms with E-state index >= 15 is 0 Å². The first kappa shape index (κ1) is 10.2. The van der Waals surface area contributed by atoms with Gasteiger partial charge in [0, 0.05) is 0 Å². The van der Waals surface area contributed by atoms with Crippen LogP contribution in [0, 0.1) is 0 Å². The largest absolute Gasteiger partial charge is 0.414 e. The van der Waals surface area contributed by atoms with Crippen molar-refractivity contribution >= 4 is 11.3 Å². The summed E-state index contributed by atoms with van der Waals surface area (Å²) in [6.45, 7) is 1.96. The standard InChI is InChI=1S/C8H7F2N3OS/c1-2-5-11-3-4(15-5)7-12-13-8(14-7)6(9)10/h3,6H,2H2,1H3. The number of alkyl halides is 2. The Morgan fingerprint density at radius 3 is 2.80 bits per heavy atom. The van der Waals surface area contributed by atoms with Crippen molar-refractivity contribution in [3.05, 3.63) is 17.1 Å². The van der Waals surface area contributed by atoms with Crippen LogP contribution in [0.5, 0.6) is 0 Å². The highest BCUT2D eigenvalue weighted by Crippen LogP contribution is 2.27. The van der Waals surface area contributed by atoms with Crippen LogP contribution in [0.15, 0.2) is 10.6 Å². The smallest absolute Gasteiger partial charge is 0.314 e. The van der Waals surface area contributed by atoms with Gasteiger partial charge in [-0.3, -0.25) is 0 Å². The molecule has 4 nitrogen and oxygen atoms in total. The number of rotatable bonds is 3. The van der Waals surface area contributed by atoms with Crippen molar-refractivity contribution in [2.24, 2.45) is 0 Å². The third-order valence-corrected chi connectivity index (χ3v) is 2.82. The number of thiazole rings is 1. The van der Waals surface area contributed by atoms with E-state index in [0.717, 1.165) is 11.4 Å². The first-order chi connectivity index (χ1) is 7.20. The molecule has 7 heteroatoms. The molecule has 0 radical (unpaired) electrons. The van der Waals surface area contributed by atoms with Crippen LogP contribution in [-0.4, -0.2) is 15.2 Å². The highest BCUT2D eigenvalue weighted by atomic mass is 32.1. The molecule has 0 saturated heterocycles. The summed E-state index contributed by atoms with van der Waals surface area (Å²) in [5.74, 6) is -0.557. The molecule has 0 bridgehead atoms. The molecule has 2 rings (SSSR count). The third-order valence-electron chi connectivity index (χ3n) is 1.69. The number of nitrogens with zero attached hydrogens (tertiary/aromatic N) is 3. The molecule has 0 aliphatic rings. The fourth-order valence-corrected chi connectivity index (χ4v) is 1.77. The average molecular weight is 231 g/mol. The van der Waals surface area contributed by atoms with Crippen LogP contribution in [0.4, 0.5) is 8.78 Å². The van der Waals surface area contributed by atoms with Crippen LogP contribution in [0.3, 0.4) is 0 Å². The van der Waals surface area contributed by atoms with Gasteiger partial charge in [-0.2, -0.15) is 8.78 Å². The van der Waals surface area contributed by atoms with Crippen molar-refractivity contribution < 1.29 is 13.2 Å². The van der Waals surface area contributed by atoms with E-state index in [4.69, 9.17) is 4.42 Å². The van der Waals surface area contributed by atoms with Crippen LogP contribution in [0.2, 0.25) is 0 Å². The number of hydrogen-bond donors (Lipinski definition) is 0. The molecule has 80 valence electrons. The molecule has 0 atom stereocenters. The molecule has 0 aliphatic carbocycles. The summed E-state index contributed by atoms with van der Waals surface area (Å²) in [6, 6.07) is 0. The van der Waals surface area contributed by atoms with Crippen molar-refractivity contribution in [1.29, 1.82) is 0 Å². The van der Waals surface area contributed by atoms with Gasteiger partial charge >= 0.3 is 6.43 Å². The van der Waals surface area contributed by atoms with Gasteiger partial charge in [-0.25, -0.2) is 4.98 Å². The van der Waals surface area contributed by atoms with E-state index in [2.05, 4.69) is 15.2 Å². The third kappa shape index (κ3) is 2.01. The molecule has 0 aromatic carbocycles. The van der Waals surface area contributed by atoms with Gasteiger partial charge in [-0.15, -0.1) is 21.5 Å². The summed E-state index contributed by atoms with van der Waals surface area (Å²) in [5, 5.41) is 7.67. The number of hydrogen-bond acceptors (Lipinski definition) is 5. The Balaban J connectivity index is 2.28. The monoisotopic (exact) mass is 231 g/mol. The number of aromatic nitrogens is 3. The first-order valence-electron chi connectivity index (χ1n) is 4.27. The van der Waals surface area contributed by atoms with E-state index in [9.17, 15) is 8.78 Å². The predicted octanol–water partition coefficient (Wildman–Crippen LogP) is 2.69. The summed E-state index contributed by atoms with van der Waals surface area (Å²) in [6.07, 6.45) is -0.392. The lowest BCUT2D eigenvalue weighted by atomic mass is 10.5. The molecular weight excluding hydrogens is 224 g/mol. The molecular formula is C8H7F2N3OS. The van der Waals surface area contributed by atoms with E-state index in [1.54, 1.807) is 6.20 Å². The maximum absolute atomic E-state index is 12.2. The fourth-order valence-electron chi connectivity index (χ4n) is 0.995. The molecule has 15 heavy (non-hydrogen) atoms. The van der Waals surface area contributed by atoms with Gasteiger partial charge in [0.2, 0.25) is 0 Å². The van der Waals surface area contributed by atoms with Crippen molar-refractivity contribution in [1.82, 2.24) is 15.2 Å². The Hall–Kier alpha value is -1.37. The SMILES string of the molecule is CCc1ncc(-c2nnc(C(F)F)o2)s1. The van der Waals surface area contributed by atoms with Gasteiger partial charge in [0.25, 0.3) is 11.8 Å². The van der Waals surface area contributed by atoms with Gasteiger partial charge < -0.3 is 4.42 Å². The normalized spacial score (nSPS) is 11.2. The molecule has 2 heterocycles. The van der Waals surface area contributed by atoms with Crippen molar-refractivity contribution in [2.45, 2.75) is 19.8 Å². The Kier molecular flexibility index (Phi) is 2.72. The van der Waals surface area contributed by atoms with E-state index in [1.807, 2.05) is 6.92 Å². The Bertz CT molecular complexity index is 454. The maximum Gasteiger partial charge on any atom is 0.314 e. The van der Waals surface area contributed by atoms with Crippen LogP contribution in [0.25, 0.3) is 10.8 Å². The summed E-state index contributed by atoms with van der Waals surface area (Å²) in [4.78, 5) is 4.69. The second-order valence-electron chi connectivity index (χ2n) is 2.72. The predicted molar refractivity (Wildman–Crippen MR) is 49.7 cm³/mol. The van der Waals surface area contributed by atoms with Gasteiger partial charge in [-0.05, 0) is 6.42 Å². The molecule has 0 spiro atoms. The lowest BCUT2D eigenvalue weighted by Crippen LogP contribution is -1.81. The summed E-state index contributed by atoms with van der Waals surface area (Å²) in [5.41, 5.74) is 0. The minimum atomic E-state index is -2.73. The van der Waals surface area contributed by atoms with E-state index in [1.165, 1.54) is 11.3 Å². The maximum atomic E-state index is 12.2.